The molecule has 2 aliphatic rings. The van der Waals surface area contributed by atoms with E-state index in [0.717, 1.165) is 25.9 Å². The Morgan fingerprint density at radius 1 is 1.29 bits per heavy atom. The molecular formula is C9H18Cl2N2O. The summed E-state index contributed by atoms with van der Waals surface area (Å²) in [6, 6.07) is 0. The molecule has 0 radical (unpaired) electrons. The van der Waals surface area contributed by atoms with Gasteiger partial charge in [0.15, 0.2) is 5.78 Å². The maximum atomic E-state index is 11.6. The molecule has 2 N–H and O–H groups in total. The molecule has 2 bridgehead atoms. The normalized spacial score (nSPS) is 34.2. The summed E-state index contributed by atoms with van der Waals surface area (Å²) < 4.78 is 0. The number of nitrogens with two attached hydrogens (primary N) is 1. The SMILES string of the molecule is Cl.Cl.NCC(=O)C12CCCN(CC1)C2. The van der Waals surface area contributed by atoms with Gasteiger partial charge in [-0.1, -0.05) is 0 Å². The number of halogens is 2. The zero-order valence-corrected chi connectivity index (χ0v) is 9.83. The molecular weight excluding hydrogens is 223 g/mol. The maximum Gasteiger partial charge on any atom is 0.153 e. The summed E-state index contributed by atoms with van der Waals surface area (Å²) in [5, 5.41) is 0. The molecule has 2 unspecified atom stereocenters. The van der Waals surface area contributed by atoms with Gasteiger partial charge in [-0.25, -0.2) is 0 Å². The molecule has 2 atom stereocenters. The number of ketones is 1. The number of carbonyl (C=O) groups excluding carboxylic acids is 1. The lowest BCUT2D eigenvalue weighted by molar-refractivity contribution is -0.127. The fourth-order valence-electron chi connectivity index (χ4n) is 2.58. The predicted molar refractivity (Wildman–Crippen MR) is 61.3 cm³/mol. The highest BCUT2D eigenvalue weighted by Gasteiger charge is 2.45. The minimum atomic E-state index is -0.0347. The fourth-order valence-corrected chi connectivity index (χ4v) is 2.58. The molecule has 0 aromatic rings. The summed E-state index contributed by atoms with van der Waals surface area (Å²) in [7, 11) is 0. The molecule has 2 aliphatic heterocycles. The summed E-state index contributed by atoms with van der Waals surface area (Å²) in [5.41, 5.74) is 5.38. The molecule has 14 heavy (non-hydrogen) atoms. The van der Waals surface area contributed by atoms with Crippen molar-refractivity contribution in [3.05, 3.63) is 0 Å². The zero-order valence-electron chi connectivity index (χ0n) is 8.20. The second kappa shape index (κ2) is 5.31. The zero-order chi connectivity index (χ0) is 8.60. The minimum Gasteiger partial charge on any atom is -0.324 e. The van der Waals surface area contributed by atoms with Crippen LogP contribution in [-0.4, -0.2) is 36.9 Å². The smallest absolute Gasteiger partial charge is 0.153 e. The van der Waals surface area contributed by atoms with Crippen LogP contribution in [0.2, 0.25) is 0 Å². The van der Waals surface area contributed by atoms with E-state index in [2.05, 4.69) is 4.90 Å². The first kappa shape index (κ1) is 14.2. The molecule has 0 aliphatic carbocycles. The molecule has 0 aromatic carbocycles. The van der Waals surface area contributed by atoms with E-state index < -0.39 is 0 Å². The van der Waals surface area contributed by atoms with E-state index in [1.165, 1.54) is 13.0 Å². The van der Waals surface area contributed by atoms with Gasteiger partial charge in [0.05, 0.1) is 6.54 Å². The summed E-state index contributed by atoms with van der Waals surface area (Å²) in [6.07, 6.45) is 3.29. The van der Waals surface area contributed by atoms with Gasteiger partial charge in [0, 0.05) is 12.0 Å². The van der Waals surface area contributed by atoms with Gasteiger partial charge in [-0.05, 0) is 32.4 Å². The highest BCUT2D eigenvalue weighted by molar-refractivity contribution is 5.87. The van der Waals surface area contributed by atoms with Crippen LogP contribution >= 0.6 is 24.8 Å². The van der Waals surface area contributed by atoms with Gasteiger partial charge in [0.25, 0.3) is 0 Å². The highest BCUT2D eigenvalue weighted by atomic mass is 35.5. The van der Waals surface area contributed by atoms with Gasteiger partial charge < -0.3 is 10.6 Å². The number of nitrogens with zero attached hydrogens (tertiary/aromatic N) is 1. The van der Waals surface area contributed by atoms with E-state index in [1.54, 1.807) is 0 Å². The summed E-state index contributed by atoms with van der Waals surface area (Å²) in [6.45, 7) is 3.49. The van der Waals surface area contributed by atoms with Crippen LogP contribution in [0.4, 0.5) is 0 Å². The van der Waals surface area contributed by atoms with E-state index in [4.69, 9.17) is 5.73 Å². The number of hydrogen-bond acceptors (Lipinski definition) is 3. The van der Waals surface area contributed by atoms with Crippen molar-refractivity contribution in [3.63, 3.8) is 0 Å². The molecule has 2 heterocycles. The Kier molecular flexibility index (Phi) is 5.37. The Labute approximate surface area is 97.2 Å². The third-order valence-electron chi connectivity index (χ3n) is 3.34. The average molecular weight is 241 g/mol. The van der Waals surface area contributed by atoms with Crippen molar-refractivity contribution in [3.8, 4) is 0 Å². The number of Topliss-reactive ketones (excluding diaryl/α,β-unsaturated/α-hetero) is 1. The molecule has 3 nitrogen and oxygen atoms in total. The number of piperidine rings is 1. The van der Waals surface area contributed by atoms with Crippen molar-refractivity contribution in [2.45, 2.75) is 19.3 Å². The van der Waals surface area contributed by atoms with E-state index in [0.29, 0.717) is 0 Å². The topological polar surface area (TPSA) is 46.3 Å². The van der Waals surface area contributed by atoms with Crippen LogP contribution in [0.25, 0.3) is 0 Å². The van der Waals surface area contributed by atoms with Crippen molar-refractivity contribution in [1.82, 2.24) is 4.90 Å². The first-order valence-corrected chi connectivity index (χ1v) is 4.73. The second-order valence-corrected chi connectivity index (χ2v) is 4.04. The number of carbonyl (C=O) groups is 1. The van der Waals surface area contributed by atoms with Crippen LogP contribution in [0.15, 0.2) is 0 Å². The van der Waals surface area contributed by atoms with E-state index in [-0.39, 0.29) is 42.6 Å². The molecule has 2 fully saturated rings. The number of fused-ring (bicyclic) bond motifs is 2. The Balaban J connectivity index is 0.000000845. The van der Waals surface area contributed by atoms with Crippen LogP contribution in [-0.2, 0) is 4.79 Å². The molecule has 5 heteroatoms. The largest absolute Gasteiger partial charge is 0.324 e. The number of rotatable bonds is 2. The Morgan fingerprint density at radius 3 is 2.64 bits per heavy atom. The van der Waals surface area contributed by atoms with Crippen molar-refractivity contribution in [2.75, 3.05) is 26.2 Å². The number of hydrogen-bond donors (Lipinski definition) is 1. The summed E-state index contributed by atoms with van der Waals surface area (Å²) >= 11 is 0. The maximum absolute atomic E-state index is 11.6. The van der Waals surface area contributed by atoms with Crippen LogP contribution < -0.4 is 5.73 Å². The molecule has 2 rings (SSSR count). The fraction of sp³-hybridized carbons (Fsp3) is 0.889. The predicted octanol–water partition coefficient (Wildman–Crippen LogP) is 0.844. The van der Waals surface area contributed by atoms with Crippen LogP contribution in [0.1, 0.15) is 19.3 Å². The lowest BCUT2D eigenvalue weighted by atomic mass is 9.77. The van der Waals surface area contributed by atoms with Gasteiger partial charge >= 0.3 is 0 Å². The molecule has 0 spiro atoms. The molecule has 0 aromatic heterocycles. The monoisotopic (exact) mass is 240 g/mol. The molecule has 0 saturated carbocycles. The van der Waals surface area contributed by atoms with E-state index >= 15 is 0 Å². The third-order valence-corrected chi connectivity index (χ3v) is 3.34. The van der Waals surface area contributed by atoms with Crippen molar-refractivity contribution in [1.29, 1.82) is 0 Å². The average Bonchev–Trinajstić information content (AvgIpc) is 2.42. The van der Waals surface area contributed by atoms with Gasteiger partial charge in [-0.15, -0.1) is 24.8 Å². The van der Waals surface area contributed by atoms with Crippen LogP contribution in [0, 0.1) is 5.41 Å². The standard InChI is InChI=1S/C9H16N2O.2ClH/c10-6-8(12)9-2-1-4-11(7-9)5-3-9;;/h1-7,10H2;2*1H. The van der Waals surface area contributed by atoms with Crippen molar-refractivity contribution in [2.24, 2.45) is 11.1 Å². The Bertz CT molecular complexity index is 209. The van der Waals surface area contributed by atoms with Crippen molar-refractivity contribution < 1.29 is 4.79 Å². The minimum absolute atomic E-state index is 0. The Hall–Kier alpha value is 0.170. The van der Waals surface area contributed by atoms with Gasteiger partial charge in [-0.2, -0.15) is 0 Å². The molecule has 0 amide bonds. The first-order chi connectivity index (χ1) is 5.77. The quantitative estimate of drug-likeness (QED) is 0.779. The lowest BCUT2D eigenvalue weighted by Gasteiger charge is -2.32. The van der Waals surface area contributed by atoms with Crippen LogP contribution in [0.5, 0.6) is 0 Å². The molecule has 2 saturated heterocycles. The Morgan fingerprint density at radius 2 is 2.00 bits per heavy atom. The third kappa shape index (κ3) is 2.22. The molecule has 84 valence electrons. The van der Waals surface area contributed by atoms with Gasteiger partial charge in [0.1, 0.15) is 0 Å². The van der Waals surface area contributed by atoms with Gasteiger partial charge in [0.2, 0.25) is 0 Å². The first-order valence-electron chi connectivity index (χ1n) is 4.73. The van der Waals surface area contributed by atoms with E-state index in [9.17, 15) is 4.79 Å². The van der Waals surface area contributed by atoms with E-state index in [1.807, 2.05) is 0 Å². The summed E-state index contributed by atoms with van der Waals surface area (Å²) in [4.78, 5) is 14.0. The highest BCUT2D eigenvalue weighted by Crippen LogP contribution is 2.39. The van der Waals surface area contributed by atoms with Crippen LogP contribution in [0.3, 0.4) is 0 Å². The lowest BCUT2D eigenvalue weighted by Crippen LogP contribution is -2.42. The second-order valence-electron chi connectivity index (χ2n) is 4.04. The van der Waals surface area contributed by atoms with Crippen molar-refractivity contribution >= 4 is 30.6 Å². The van der Waals surface area contributed by atoms with Gasteiger partial charge in [-0.3, -0.25) is 4.79 Å². The summed E-state index contributed by atoms with van der Waals surface area (Å²) in [5.74, 6) is 0.282.